The number of anilines is 1. The van der Waals surface area contributed by atoms with Crippen LogP contribution in [-0.2, 0) is 4.79 Å². The summed E-state index contributed by atoms with van der Waals surface area (Å²) in [5, 5.41) is 5.79. The van der Waals surface area contributed by atoms with Crippen molar-refractivity contribution in [1.82, 2.24) is 0 Å². The summed E-state index contributed by atoms with van der Waals surface area (Å²) < 4.78 is 0. The van der Waals surface area contributed by atoms with E-state index in [1.54, 1.807) is 0 Å². The van der Waals surface area contributed by atoms with Gasteiger partial charge in [-0.05, 0) is 31.9 Å². The number of hydrogen-bond donors (Lipinski definition) is 0. The molecule has 2 rings (SSSR count). The molecule has 1 heterocycles. The highest BCUT2D eigenvalue weighted by Gasteiger charge is 2.24. The van der Waals surface area contributed by atoms with Gasteiger partial charge in [-0.15, -0.1) is 0 Å². The van der Waals surface area contributed by atoms with E-state index in [2.05, 4.69) is 5.10 Å². The van der Waals surface area contributed by atoms with Gasteiger partial charge in [0.15, 0.2) is 0 Å². The number of benzene rings is 1. The predicted octanol–water partition coefficient (Wildman–Crippen LogP) is 2.42. The molecule has 0 unspecified atom stereocenters. The van der Waals surface area contributed by atoms with Gasteiger partial charge in [-0.1, -0.05) is 18.2 Å². The molecule has 0 spiro atoms. The van der Waals surface area contributed by atoms with Crippen LogP contribution in [0.5, 0.6) is 0 Å². The first-order valence-electron chi connectivity index (χ1n) is 5.03. The van der Waals surface area contributed by atoms with E-state index in [9.17, 15) is 4.79 Å². The average Bonchev–Trinajstić information content (AvgIpc) is 2.45. The Balaban J connectivity index is 2.50. The van der Waals surface area contributed by atoms with Crippen LogP contribution >= 0.6 is 0 Å². The van der Waals surface area contributed by atoms with Crippen LogP contribution in [0.3, 0.4) is 0 Å². The van der Waals surface area contributed by atoms with Crippen LogP contribution in [0, 0.1) is 13.8 Å². The van der Waals surface area contributed by atoms with Gasteiger partial charge in [-0.3, -0.25) is 4.79 Å². The Labute approximate surface area is 89.4 Å². The first-order valence-corrected chi connectivity index (χ1v) is 5.03. The number of aryl methyl sites for hydroxylation is 2. The number of amides is 1. The van der Waals surface area contributed by atoms with Crippen molar-refractivity contribution in [2.75, 3.05) is 5.01 Å². The summed E-state index contributed by atoms with van der Waals surface area (Å²) in [7, 11) is 0. The van der Waals surface area contributed by atoms with E-state index in [1.165, 1.54) is 5.01 Å². The fourth-order valence-electron chi connectivity index (χ4n) is 1.87. The first kappa shape index (κ1) is 9.90. The molecule has 0 aliphatic carbocycles. The highest BCUT2D eigenvalue weighted by atomic mass is 16.2. The lowest BCUT2D eigenvalue weighted by atomic mass is 10.1. The number of carbonyl (C=O) groups is 1. The maximum absolute atomic E-state index is 11.7. The summed E-state index contributed by atoms with van der Waals surface area (Å²) in [6.45, 7) is 5.88. The minimum Gasteiger partial charge on any atom is -0.272 e. The summed E-state index contributed by atoms with van der Waals surface area (Å²) >= 11 is 0. The Kier molecular flexibility index (Phi) is 2.31. The molecule has 3 nitrogen and oxygen atoms in total. The van der Waals surface area contributed by atoms with Crippen molar-refractivity contribution in [1.29, 1.82) is 0 Å². The third-order valence-electron chi connectivity index (χ3n) is 2.57. The molecule has 15 heavy (non-hydrogen) atoms. The monoisotopic (exact) mass is 202 g/mol. The van der Waals surface area contributed by atoms with Gasteiger partial charge in [0.1, 0.15) is 0 Å². The third-order valence-corrected chi connectivity index (χ3v) is 2.57. The van der Waals surface area contributed by atoms with Gasteiger partial charge in [-0.25, -0.2) is 0 Å². The van der Waals surface area contributed by atoms with Crippen molar-refractivity contribution in [2.45, 2.75) is 27.2 Å². The summed E-state index contributed by atoms with van der Waals surface area (Å²) in [5.74, 6) is 0.0601. The van der Waals surface area contributed by atoms with E-state index in [0.29, 0.717) is 6.42 Å². The molecule has 0 radical (unpaired) electrons. The minimum atomic E-state index is 0.0601. The number of carbonyl (C=O) groups excluding carboxylic acids is 1. The lowest BCUT2D eigenvalue weighted by molar-refractivity contribution is -0.116. The smallest absolute Gasteiger partial charge is 0.253 e. The van der Waals surface area contributed by atoms with Gasteiger partial charge in [0.25, 0.3) is 5.91 Å². The SMILES string of the molecule is CC1=NN(c2c(C)cccc2C)C(=O)C1. The van der Waals surface area contributed by atoms with E-state index in [1.807, 2.05) is 39.0 Å². The molecule has 1 aliphatic heterocycles. The molecule has 78 valence electrons. The van der Waals surface area contributed by atoms with Gasteiger partial charge in [-0.2, -0.15) is 10.1 Å². The van der Waals surface area contributed by atoms with E-state index in [-0.39, 0.29) is 5.91 Å². The van der Waals surface area contributed by atoms with Crippen LogP contribution in [-0.4, -0.2) is 11.6 Å². The Morgan fingerprint density at radius 1 is 1.20 bits per heavy atom. The minimum absolute atomic E-state index is 0.0601. The Morgan fingerprint density at radius 2 is 1.80 bits per heavy atom. The molecule has 1 aromatic rings. The van der Waals surface area contributed by atoms with Crippen LogP contribution in [0.2, 0.25) is 0 Å². The number of rotatable bonds is 1. The van der Waals surface area contributed by atoms with Crippen molar-refractivity contribution < 1.29 is 4.79 Å². The highest BCUT2D eigenvalue weighted by Crippen LogP contribution is 2.27. The number of nitrogens with zero attached hydrogens (tertiary/aromatic N) is 2. The summed E-state index contributed by atoms with van der Waals surface area (Å²) in [6.07, 6.45) is 0.438. The normalized spacial score (nSPS) is 15.8. The predicted molar refractivity (Wildman–Crippen MR) is 61.1 cm³/mol. The van der Waals surface area contributed by atoms with E-state index < -0.39 is 0 Å². The Hall–Kier alpha value is -1.64. The molecule has 1 aromatic carbocycles. The molecule has 0 bridgehead atoms. The van der Waals surface area contributed by atoms with E-state index >= 15 is 0 Å². The van der Waals surface area contributed by atoms with Crippen molar-refractivity contribution in [3.05, 3.63) is 29.3 Å². The maximum Gasteiger partial charge on any atom is 0.253 e. The molecule has 0 saturated heterocycles. The lowest BCUT2D eigenvalue weighted by Crippen LogP contribution is -2.21. The van der Waals surface area contributed by atoms with Gasteiger partial charge in [0.2, 0.25) is 0 Å². The van der Waals surface area contributed by atoms with Gasteiger partial charge in [0, 0.05) is 5.71 Å². The summed E-state index contributed by atoms with van der Waals surface area (Å²) in [4.78, 5) is 11.7. The second-order valence-corrected chi connectivity index (χ2v) is 3.96. The van der Waals surface area contributed by atoms with Crippen LogP contribution in [0.25, 0.3) is 0 Å². The lowest BCUT2D eigenvalue weighted by Gasteiger charge is -2.17. The molecule has 0 fully saturated rings. The zero-order chi connectivity index (χ0) is 11.0. The van der Waals surface area contributed by atoms with Gasteiger partial charge < -0.3 is 0 Å². The number of hydrogen-bond acceptors (Lipinski definition) is 2. The standard InChI is InChI=1S/C12H14N2O/c1-8-5-4-6-9(2)12(8)14-11(15)7-10(3)13-14/h4-6H,7H2,1-3H3. The molecule has 0 saturated carbocycles. The van der Waals surface area contributed by atoms with Crippen molar-refractivity contribution in [2.24, 2.45) is 5.10 Å². The Morgan fingerprint density at radius 3 is 2.27 bits per heavy atom. The largest absolute Gasteiger partial charge is 0.272 e. The van der Waals surface area contributed by atoms with Crippen LogP contribution in [0.1, 0.15) is 24.5 Å². The van der Waals surface area contributed by atoms with E-state index in [0.717, 1.165) is 22.5 Å². The zero-order valence-electron chi connectivity index (χ0n) is 9.24. The molecular formula is C12H14N2O. The third kappa shape index (κ3) is 1.65. The molecule has 1 aliphatic rings. The van der Waals surface area contributed by atoms with E-state index in [4.69, 9.17) is 0 Å². The van der Waals surface area contributed by atoms with Gasteiger partial charge in [0.05, 0.1) is 12.1 Å². The van der Waals surface area contributed by atoms with Crippen molar-refractivity contribution in [3.63, 3.8) is 0 Å². The van der Waals surface area contributed by atoms with Crippen LogP contribution in [0.15, 0.2) is 23.3 Å². The summed E-state index contributed by atoms with van der Waals surface area (Å²) in [5.41, 5.74) is 3.98. The molecule has 1 amide bonds. The van der Waals surface area contributed by atoms with Crippen LogP contribution < -0.4 is 5.01 Å². The fraction of sp³-hybridized carbons (Fsp3) is 0.333. The highest BCUT2D eigenvalue weighted by molar-refractivity contribution is 6.12. The second-order valence-electron chi connectivity index (χ2n) is 3.96. The van der Waals surface area contributed by atoms with Crippen molar-refractivity contribution in [3.8, 4) is 0 Å². The van der Waals surface area contributed by atoms with Crippen LogP contribution in [0.4, 0.5) is 5.69 Å². The topological polar surface area (TPSA) is 32.7 Å². The Bertz CT molecular complexity index is 429. The fourth-order valence-corrected chi connectivity index (χ4v) is 1.87. The zero-order valence-corrected chi connectivity index (χ0v) is 9.24. The molecule has 0 atom stereocenters. The molecule has 3 heteroatoms. The quantitative estimate of drug-likeness (QED) is 0.688. The van der Waals surface area contributed by atoms with Crippen molar-refractivity contribution >= 4 is 17.3 Å². The first-order chi connectivity index (χ1) is 7.09. The second kappa shape index (κ2) is 3.50. The summed E-state index contributed by atoms with van der Waals surface area (Å²) in [6, 6.07) is 5.99. The molecule has 0 N–H and O–H groups in total. The molecule has 0 aromatic heterocycles. The average molecular weight is 202 g/mol. The molecular weight excluding hydrogens is 188 g/mol. The number of hydrazone groups is 1. The number of para-hydroxylation sites is 1. The van der Waals surface area contributed by atoms with Gasteiger partial charge >= 0.3 is 0 Å². The maximum atomic E-state index is 11.7.